The van der Waals surface area contributed by atoms with E-state index in [4.69, 9.17) is 10.7 Å². The third kappa shape index (κ3) is 5.51. The highest BCUT2D eigenvalue weighted by Crippen LogP contribution is 2.25. The van der Waals surface area contributed by atoms with Crippen LogP contribution in [-0.4, -0.2) is 79.1 Å². The van der Waals surface area contributed by atoms with Crippen LogP contribution in [0, 0.1) is 6.92 Å². The van der Waals surface area contributed by atoms with E-state index in [1.54, 1.807) is 11.9 Å². The molecular weight excluding hydrogens is 462 g/mol. The van der Waals surface area contributed by atoms with E-state index in [2.05, 4.69) is 30.8 Å². The number of benzene rings is 1. The van der Waals surface area contributed by atoms with Crippen LogP contribution >= 0.6 is 0 Å². The first-order valence-corrected chi connectivity index (χ1v) is 11.2. The second-order valence-corrected chi connectivity index (χ2v) is 8.33. The van der Waals surface area contributed by atoms with Crippen LogP contribution in [0.1, 0.15) is 21.6 Å². The first kappa shape index (κ1) is 24.4. The Bertz CT molecular complexity index is 1370. The highest BCUT2D eigenvalue weighted by Gasteiger charge is 2.17. The molecular formula is C23H27N11O2. The molecule has 13 heteroatoms. The number of nitrogens with two attached hydrogens (primary N) is 1. The summed E-state index contributed by atoms with van der Waals surface area (Å²) >= 11 is 0. The molecule has 0 atom stereocenters. The molecule has 0 aliphatic heterocycles. The maximum Gasteiger partial charge on any atom is 0.273 e. The van der Waals surface area contributed by atoms with Crippen LogP contribution in [0.15, 0.2) is 43.0 Å². The monoisotopic (exact) mass is 489 g/mol. The van der Waals surface area contributed by atoms with Crippen molar-refractivity contribution < 1.29 is 9.59 Å². The third-order valence-electron chi connectivity index (χ3n) is 5.73. The number of aryl methyl sites for hydroxylation is 1. The van der Waals surface area contributed by atoms with Crippen molar-refractivity contribution in [1.29, 1.82) is 0 Å². The first-order chi connectivity index (χ1) is 17.3. The lowest BCUT2D eigenvalue weighted by atomic mass is 10.1. The molecule has 1 aromatic carbocycles. The van der Waals surface area contributed by atoms with Crippen molar-refractivity contribution in [2.75, 3.05) is 37.8 Å². The first-order valence-electron chi connectivity index (χ1n) is 11.2. The number of nitrogens with zero attached hydrogens (tertiary/aromatic N) is 9. The summed E-state index contributed by atoms with van der Waals surface area (Å²) in [6, 6.07) is 7.96. The smallest absolute Gasteiger partial charge is 0.273 e. The maximum atomic E-state index is 12.7. The van der Waals surface area contributed by atoms with Crippen LogP contribution in [0.4, 0.5) is 11.6 Å². The molecule has 0 aliphatic carbocycles. The topological polar surface area (TPSA) is 161 Å². The second kappa shape index (κ2) is 10.7. The van der Waals surface area contributed by atoms with E-state index in [0.717, 1.165) is 22.0 Å². The fourth-order valence-corrected chi connectivity index (χ4v) is 3.67. The van der Waals surface area contributed by atoms with Gasteiger partial charge < -0.3 is 20.9 Å². The largest absolute Gasteiger partial charge is 0.382 e. The fraction of sp³-hybridized carbons (Fsp3) is 0.304. The van der Waals surface area contributed by atoms with Crippen LogP contribution < -0.4 is 16.0 Å². The zero-order valence-corrected chi connectivity index (χ0v) is 20.3. The molecule has 2 amide bonds. The normalized spacial score (nSPS) is 10.9. The van der Waals surface area contributed by atoms with E-state index in [1.807, 2.05) is 43.1 Å². The molecule has 13 nitrogen and oxygen atoms in total. The molecule has 3 N–H and O–H groups in total. The summed E-state index contributed by atoms with van der Waals surface area (Å²) in [6.07, 6.45) is 4.25. The number of carbonyl (C=O) groups is 2. The van der Waals surface area contributed by atoms with Gasteiger partial charge in [-0.15, -0.1) is 5.10 Å². The lowest BCUT2D eigenvalue weighted by Crippen LogP contribution is -2.37. The molecule has 186 valence electrons. The summed E-state index contributed by atoms with van der Waals surface area (Å²) in [7, 11) is 3.63. The molecule has 4 rings (SSSR count). The lowest BCUT2D eigenvalue weighted by molar-refractivity contribution is -0.130. The summed E-state index contributed by atoms with van der Waals surface area (Å²) in [6.45, 7) is 3.24. The number of carbonyl (C=O) groups excluding carboxylic acids is 2. The van der Waals surface area contributed by atoms with E-state index >= 15 is 0 Å². The van der Waals surface area contributed by atoms with Crippen molar-refractivity contribution in [3.63, 3.8) is 0 Å². The summed E-state index contributed by atoms with van der Waals surface area (Å²) < 4.78 is 1.38. The SMILES string of the molecule is Cc1cccc2cc(CNC(=O)c3nccnc3N)c(N(C)CCN(C)C(=O)Cn3cnnn3)nc12. The lowest BCUT2D eigenvalue weighted by Gasteiger charge is -2.25. The van der Waals surface area contributed by atoms with E-state index < -0.39 is 5.91 Å². The predicted molar refractivity (Wildman–Crippen MR) is 133 cm³/mol. The highest BCUT2D eigenvalue weighted by atomic mass is 16.2. The van der Waals surface area contributed by atoms with Crippen molar-refractivity contribution in [2.24, 2.45) is 0 Å². The molecule has 0 saturated carbocycles. The Hall–Kier alpha value is -4.68. The van der Waals surface area contributed by atoms with Crippen LogP contribution in [0.2, 0.25) is 0 Å². The van der Waals surface area contributed by atoms with Gasteiger partial charge in [0.1, 0.15) is 18.7 Å². The highest BCUT2D eigenvalue weighted by molar-refractivity contribution is 5.96. The number of aromatic nitrogens is 7. The minimum atomic E-state index is -0.425. The van der Waals surface area contributed by atoms with Crippen molar-refractivity contribution >= 4 is 34.4 Å². The van der Waals surface area contributed by atoms with Gasteiger partial charge in [-0.2, -0.15) is 0 Å². The molecule has 3 aromatic heterocycles. The Morgan fingerprint density at radius 1 is 1.14 bits per heavy atom. The number of fused-ring (bicyclic) bond motifs is 1. The van der Waals surface area contributed by atoms with Gasteiger partial charge in [-0.05, 0) is 29.0 Å². The summed E-state index contributed by atoms with van der Waals surface area (Å²) in [5.41, 5.74) is 8.59. The quantitative estimate of drug-likeness (QED) is 0.337. The number of amides is 2. The molecule has 0 bridgehead atoms. The molecule has 0 spiro atoms. The Kier molecular flexibility index (Phi) is 7.28. The molecule has 0 unspecified atom stereocenters. The van der Waals surface area contributed by atoms with E-state index in [0.29, 0.717) is 18.9 Å². The summed E-state index contributed by atoms with van der Waals surface area (Å²) in [5, 5.41) is 14.6. The van der Waals surface area contributed by atoms with Crippen molar-refractivity contribution in [2.45, 2.75) is 20.0 Å². The van der Waals surface area contributed by atoms with Crippen molar-refractivity contribution in [1.82, 2.24) is 45.4 Å². The molecule has 0 saturated heterocycles. The number of rotatable bonds is 9. The zero-order chi connectivity index (χ0) is 25.7. The summed E-state index contributed by atoms with van der Waals surface area (Å²) in [5.74, 6) is 0.220. The fourth-order valence-electron chi connectivity index (χ4n) is 3.67. The number of pyridine rings is 1. The van der Waals surface area contributed by atoms with Gasteiger partial charge in [0.05, 0.1) is 5.52 Å². The Morgan fingerprint density at radius 3 is 2.69 bits per heavy atom. The number of para-hydroxylation sites is 1. The van der Waals surface area contributed by atoms with Gasteiger partial charge in [0, 0.05) is 57.1 Å². The average Bonchev–Trinajstić information content (AvgIpc) is 3.38. The average molecular weight is 490 g/mol. The molecule has 3 heterocycles. The van der Waals surface area contributed by atoms with Gasteiger partial charge in [-0.3, -0.25) is 9.59 Å². The van der Waals surface area contributed by atoms with Gasteiger partial charge in [0.25, 0.3) is 5.91 Å². The Balaban J connectivity index is 1.52. The zero-order valence-electron chi connectivity index (χ0n) is 20.3. The third-order valence-corrected chi connectivity index (χ3v) is 5.73. The maximum absolute atomic E-state index is 12.7. The summed E-state index contributed by atoms with van der Waals surface area (Å²) in [4.78, 5) is 41.6. The Morgan fingerprint density at radius 2 is 1.94 bits per heavy atom. The van der Waals surface area contributed by atoms with E-state index in [9.17, 15) is 9.59 Å². The second-order valence-electron chi connectivity index (χ2n) is 8.33. The number of anilines is 2. The molecule has 0 fully saturated rings. The molecule has 4 aromatic rings. The van der Waals surface area contributed by atoms with Gasteiger partial charge in [-0.1, -0.05) is 18.2 Å². The predicted octanol–water partition coefficient (Wildman–Crippen LogP) is 0.427. The van der Waals surface area contributed by atoms with Crippen molar-refractivity contribution in [3.05, 3.63) is 59.8 Å². The van der Waals surface area contributed by atoms with E-state index in [-0.39, 0.29) is 30.5 Å². The van der Waals surface area contributed by atoms with Crippen LogP contribution in [-0.2, 0) is 17.9 Å². The number of nitrogen functional groups attached to an aromatic ring is 1. The standard InChI is InChI=1S/C23H27N11O2/c1-15-5-4-6-16-11-17(12-27-23(36)20-21(24)26-8-7-25-20)22(29-19(15)16)33(3)10-9-32(2)18(35)13-34-14-28-30-31-34/h4-8,11,14H,9-10,12-13H2,1-3H3,(H2,24,26)(H,27,36). The van der Waals surface area contributed by atoms with E-state index in [1.165, 1.54) is 23.4 Å². The minimum absolute atomic E-state index is 0.0590. The number of hydrogen-bond acceptors (Lipinski definition) is 10. The van der Waals surface area contributed by atoms with Crippen LogP contribution in [0.5, 0.6) is 0 Å². The molecule has 0 radical (unpaired) electrons. The van der Waals surface area contributed by atoms with Gasteiger partial charge in [0.2, 0.25) is 5.91 Å². The van der Waals surface area contributed by atoms with Crippen LogP contribution in [0.25, 0.3) is 10.9 Å². The number of tetrazole rings is 1. The van der Waals surface area contributed by atoms with Gasteiger partial charge in [0.15, 0.2) is 11.5 Å². The number of nitrogens with one attached hydrogen (secondary N) is 1. The number of likely N-dealkylation sites (N-methyl/N-ethyl adjacent to an activating group) is 2. The van der Waals surface area contributed by atoms with Crippen LogP contribution in [0.3, 0.4) is 0 Å². The van der Waals surface area contributed by atoms with Gasteiger partial charge >= 0.3 is 0 Å². The van der Waals surface area contributed by atoms with Gasteiger partial charge in [-0.25, -0.2) is 19.6 Å². The van der Waals surface area contributed by atoms with Crippen molar-refractivity contribution in [3.8, 4) is 0 Å². The molecule has 36 heavy (non-hydrogen) atoms. The minimum Gasteiger partial charge on any atom is -0.382 e. The Labute approximate surface area is 207 Å². The number of hydrogen-bond donors (Lipinski definition) is 2. The molecule has 0 aliphatic rings.